The number of aromatic nitrogens is 9. The number of urea groups is 2. The molecule has 8 aromatic rings. The van der Waals surface area contributed by atoms with Gasteiger partial charge in [0.25, 0.3) is 0 Å². The first kappa shape index (κ1) is 85.6. The number of hydrogen-bond donors (Lipinski definition) is 10. The molecule has 5 aromatic heterocycles. The van der Waals surface area contributed by atoms with E-state index >= 15 is 0 Å². The molecule has 10 N–H and O–H groups in total. The van der Waals surface area contributed by atoms with Gasteiger partial charge in [-0.25, -0.2) is 34.5 Å². The van der Waals surface area contributed by atoms with Gasteiger partial charge in [0.1, 0.15) is 97.1 Å². The fraction of sp³-hybridized carbons (Fsp3) is 0.575. The summed E-state index contributed by atoms with van der Waals surface area (Å²) in [6.45, 7) is 6.75. The van der Waals surface area contributed by atoms with Crippen LogP contribution in [0.4, 0.5) is 9.59 Å². The quantitative estimate of drug-likeness (QED) is 0.0147. The first-order valence-corrected chi connectivity index (χ1v) is 42.6. The Bertz CT molecular complexity index is 4960. The van der Waals surface area contributed by atoms with Gasteiger partial charge in [0, 0.05) is 34.8 Å². The van der Waals surface area contributed by atoms with Crippen molar-refractivity contribution in [2.24, 2.45) is 0 Å². The molecule has 10 aliphatic rings. The molecular formula is C73H83Cl8N13O20S2. The van der Waals surface area contributed by atoms with E-state index in [1.165, 1.54) is 17.2 Å². The SMILES string of the molecule is CC1(C)OC2[C@@H](O1)[C@@H](CO)O[C@H]2n1cnc2cc(Cl)c(Cl)cc21.CC1(C)OC2[C@@H](O1)[C@@H](COC(=O)CCCC[C@@H]1SC[C@@H]3NC(=O)N[C@@H]31)O[C@H]2n1cnc2cc(Cl)c(Cl)cc21.O=C1N[C@H]2[C@H](CS[C@H]2CCCCC(=O)OC[C@H]2O[C@@H](n3cnc4cc(Cl)c(Cl)cc43)C(O)[C@H]2O)N1.OC[C@H]1O[C@@H](n2cnc3cc(Cl)c(Cl)nc32)C(O)[C@H]1O. The lowest BCUT2D eigenvalue weighted by Gasteiger charge is -2.25. The molecule has 0 bridgehead atoms. The maximum absolute atomic E-state index is 12.5. The number of pyridine rings is 1. The third-order valence-electron chi connectivity index (χ3n) is 21.6. The highest BCUT2D eigenvalue weighted by molar-refractivity contribution is 8.00. The Kier molecular flexibility index (Phi) is 26.3. The van der Waals surface area contributed by atoms with Gasteiger partial charge in [-0.3, -0.25) is 14.2 Å². The molecule has 18 rings (SSSR count). The van der Waals surface area contributed by atoms with Gasteiger partial charge in [-0.15, -0.1) is 0 Å². The molecule has 15 heterocycles. The number of carbonyl (C=O) groups is 4. The van der Waals surface area contributed by atoms with Crippen molar-refractivity contribution in [3.63, 3.8) is 0 Å². The number of aliphatic hydroxyl groups is 6. The molecule has 10 aliphatic heterocycles. The van der Waals surface area contributed by atoms with Crippen LogP contribution in [0.25, 0.3) is 44.3 Å². The van der Waals surface area contributed by atoms with Crippen LogP contribution in [0.3, 0.4) is 0 Å². The minimum absolute atomic E-state index is 0.0646. The van der Waals surface area contributed by atoms with Crippen molar-refractivity contribution < 1.29 is 97.2 Å². The zero-order valence-electron chi connectivity index (χ0n) is 62.2. The van der Waals surface area contributed by atoms with E-state index < -0.39 is 104 Å². The molecule has 33 nitrogen and oxygen atoms in total. The average Bonchev–Trinajstić information content (AvgIpc) is 1.58. The number of carbonyl (C=O) groups excluding carboxylic acids is 4. The largest absolute Gasteiger partial charge is 0.463 e. The number of imidazole rings is 4. The maximum Gasteiger partial charge on any atom is 0.315 e. The van der Waals surface area contributed by atoms with Crippen LogP contribution in [0.1, 0.15) is 104 Å². The van der Waals surface area contributed by atoms with E-state index in [4.69, 9.17) is 145 Å². The van der Waals surface area contributed by atoms with Crippen LogP contribution in [0.2, 0.25) is 40.3 Å². The lowest BCUT2D eigenvalue weighted by molar-refractivity contribution is -0.202. The van der Waals surface area contributed by atoms with Crippen LogP contribution >= 0.6 is 116 Å². The zero-order chi connectivity index (χ0) is 82.1. The Morgan fingerprint density at radius 2 is 0.836 bits per heavy atom. The van der Waals surface area contributed by atoms with E-state index in [2.05, 4.69) is 46.2 Å². The first-order valence-electron chi connectivity index (χ1n) is 37.5. The molecule has 0 spiro atoms. The topological polar surface area (TPSA) is 414 Å². The van der Waals surface area contributed by atoms with E-state index in [0.717, 1.165) is 54.6 Å². The Labute approximate surface area is 710 Å². The number of ether oxygens (including phenoxy) is 10. The summed E-state index contributed by atoms with van der Waals surface area (Å²) in [6.07, 6.45) is -0.132. The van der Waals surface area contributed by atoms with E-state index in [9.17, 15) is 44.7 Å². The Morgan fingerprint density at radius 1 is 0.466 bits per heavy atom. The van der Waals surface area contributed by atoms with Gasteiger partial charge in [-0.1, -0.05) is 106 Å². The number of amides is 4. The van der Waals surface area contributed by atoms with Gasteiger partial charge >= 0.3 is 24.0 Å². The van der Waals surface area contributed by atoms with Crippen molar-refractivity contribution in [3.8, 4) is 0 Å². The molecule has 4 unspecified atom stereocenters. The van der Waals surface area contributed by atoms with Gasteiger partial charge in [-0.05, 0) is 95.8 Å². The zero-order valence-corrected chi connectivity index (χ0v) is 69.9. The minimum atomic E-state index is -1.25. The Balaban J connectivity index is 0.000000125. The van der Waals surface area contributed by atoms with Crippen molar-refractivity contribution >= 4 is 185 Å². The van der Waals surface area contributed by atoms with Crippen LogP contribution < -0.4 is 21.3 Å². The molecule has 628 valence electrons. The number of aliphatic hydroxyl groups excluding tert-OH is 6. The van der Waals surface area contributed by atoms with E-state index in [1.54, 1.807) is 59.7 Å². The summed E-state index contributed by atoms with van der Waals surface area (Å²) in [6, 6.07) is 12.2. The van der Waals surface area contributed by atoms with Crippen LogP contribution in [-0.4, -0.2) is 255 Å². The molecule has 43 heteroatoms. The number of hydrogen-bond acceptors (Lipinski definition) is 27. The lowest BCUT2D eigenvalue weighted by atomic mass is 10.0. The molecule has 10 saturated heterocycles. The molecule has 0 radical (unpaired) electrons. The Morgan fingerprint density at radius 3 is 1.30 bits per heavy atom. The molecule has 0 saturated carbocycles. The van der Waals surface area contributed by atoms with Crippen molar-refractivity contribution in [2.75, 3.05) is 37.9 Å². The van der Waals surface area contributed by atoms with Crippen molar-refractivity contribution in [1.82, 2.24) is 64.5 Å². The van der Waals surface area contributed by atoms with Crippen LogP contribution in [0, 0.1) is 0 Å². The lowest BCUT2D eigenvalue weighted by Crippen LogP contribution is -2.36. The number of fused-ring (bicyclic) bond motifs is 8. The van der Waals surface area contributed by atoms with Gasteiger partial charge in [-0.2, -0.15) is 23.5 Å². The number of unbranched alkanes of at least 4 members (excludes halogenated alkanes) is 2. The number of rotatable bonds is 20. The van der Waals surface area contributed by atoms with Gasteiger partial charge in [0.2, 0.25) is 0 Å². The normalized spacial score (nSPS) is 32.2. The average molecular weight is 1810 g/mol. The second kappa shape index (κ2) is 35.6. The number of esters is 2. The molecule has 10 fully saturated rings. The summed E-state index contributed by atoms with van der Waals surface area (Å²) in [4.78, 5) is 69.0. The van der Waals surface area contributed by atoms with Crippen LogP contribution in [0.5, 0.6) is 0 Å². The Hall–Kier alpha value is -5.37. The highest BCUT2D eigenvalue weighted by atomic mass is 35.5. The minimum Gasteiger partial charge on any atom is -0.463 e. The monoisotopic (exact) mass is 1810 g/mol. The molecule has 116 heavy (non-hydrogen) atoms. The van der Waals surface area contributed by atoms with E-state index in [0.29, 0.717) is 86.7 Å². The standard InChI is InChI=1S/C25H30Cl2N4O6S.C22H26Cl2N4O6S.C15H16Cl2N2O4.C11H11Cl2N3O4/c1-25(2)36-21-17(9-34-19(32)6-4-3-5-18-20-15(10-38-18)29-24(33)30-20)35-23(22(21)37-25)31-11-28-14-7-12(26)13(27)8-16(14)31;23-10-5-12-14(6-11(10)24)28(9-25-12)21-20(31)19(30)15(34-21)7-33-17(29)4-2-1-3-16-18-13(8-35-16)26-22(32)27-18;1-15(2)22-12-11(5-20)21-14(13(12)23-15)19-6-18-9-3-7(16)8(17)4-10(9)19;12-4-1-5-10(15-9(4)13)16(3-14-5)11-8(19)7(18)6(2-17)20-11/h7-8,11,15,17-18,20-23H,3-6,9-10H2,1-2H3,(H2,29,30,33);5-6,9,13,15-16,18-21,30-31H,1-4,7-8H2,(H2,26,27,32);3-4,6,11-14,20H,5H2,1-2H3;1,3,6-8,11,17-19H,2H2/t15-,17+,18-,20-,21-,22?,23+;13-,15+,16-,18-,19-,20?,21+;11-,12+,13?,14-;6-,7+,8?,11-/m0011/s1. The van der Waals surface area contributed by atoms with Crippen molar-refractivity contribution in [2.45, 2.75) is 223 Å². The highest BCUT2D eigenvalue weighted by Crippen LogP contribution is 2.48. The van der Waals surface area contributed by atoms with E-state index in [-0.39, 0.29) is 96.8 Å². The summed E-state index contributed by atoms with van der Waals surface area (Å²) in [5.41, 5.74) is 4.96. The fourth-order valence-electron chi connectivity index (χ4n) is 16.0. The summed E-state index contributed by atoms with van der Waals surface area (Å²) in [5.74, 6) is -0.346. The van der Waals surface area contributed by atoms with Crippen molar-refractivity contribution in [1.29, 1.82) is 0 Å². The number of nitrogens with one attached hydrogen (secondary N) is 4. The summed E-state index contributed by atoms with van der Waals surface area (Å²) < 4.78 is 65.3. The predicted molar refractivity (Wildman–Crippen MR) is 428 cm³/mol. The third kappa shape index (κ3) is 18.0. The number of benzene rings is 3. The number of halogens is 8. The van der Waals surface area contributed by atoms with Crippen LogP contribution in [0.15, 0.2) is 67.8 Å². The molecule has 4 amide bonds. The van der Waals surface area contributed by atoms with Gasteiger partial charge in [0.15, 0.2) is 42.1 Å². The molecule has 0 aliphatic carbocycles. The smallest absolute Gasteiger partial charge is 0.315 e. The summed E-state index contributed by atoms with van der Waals surface area (Å²) in [7, 11) is 0. The second-order valence-electron chi connectivity index (χ2n) is 30.3. The van der Waals surface area contributed by atoms with Gasteiger partial charge < -0.3 is 113 Å². The maximum atomic E-state index is 12.5. The highest BCUT2D eigenvalue weighted by Gasteiger charge is 2.58. The predicted octanol–water partition coefficient (Wildman–Crippen LogP) is 9.36. The fourth-order valence-corrected chi connectivity index (χ4v) is 20.4. The number of nitrogens with zero attached hydrogens (tertiary/aromatic N) is 9. The third-order valence-corrected chi connectivity index (χ3v) is 27.5. The molecular weight excluding hydrogens is 1730 g/mol. The van der Waals surface area contributed by atoms with E-state index in [1.807, 2.05) is 60.4 Å². The molecule has 3 aromatic carbocycles. The second-order valence-corrected chi connectivity index (χ2v) is 36.0. The van der Waals surface area contributed by atoms with Gasteiger partial charge in [0.05, 0.1) is 131 Å². The van der Waals surface area contributed by atoms with Crippen molar-refractivity contribution in [3.05, 3.63) is 108 Å². The first-order chi connectivity index (χ1) is 55.4. The summed E-state index contributed by atoms with van der Waals surface area (Å²) >= 11 is 52.2. The number of thioether (sulfide) groups is 2. The molecule has 22 atom stereocenters. The summed E-state index contributed by atoms with van der Waals surface area (Å²) in [5, 5.41) is 74.8. The van der Waals surface area contributed by atoms with Crippen LogP contribution in [-0.2, 0) is 57.0 Å².